The Hall–Kier alpha value is -2.92. The number of carbonyl (C=O) groups excluding carboxylic acids is 2. The highest BCUT2D eigenvalue weighted by Crippen LogP contribution is 2.19. The van der Waals surface area contributed by atoms with Crippen molar-refractivity contribution in [3.05, 3.63) is 94.0 Å². The number of nitrogens with one attached hydrogen (secondary N) is 2. The zero-order valence-corrected chi connectivity index (χ0v) is 16.4. The number of para-hydroxylation sites is 1. The molecule has 3 rings (SSSR count). The maximum Gasteiger partial charge on any atom is 0.255 e. The van der Waals surface area contributed by atoms with Crippen LogP contribution in [-0.2, 0) is 6.42 Å². The van der Waals surface area contributed by atoms with Crippen molar-refractivity contribution in [3.63, 3.8) is 0 Å². The van der Waals surface area contributed by atoms with Crippen LogP contribution in [0.15, 0.2) is 77.3 Å². The lowest BCUT2D eigenvalue weighted by Gasteiger charge is -2.11. The van der Waals surface area contributed by atoms with Crippen molar-refractivity contribution in [2.75, 3.05) is 10.6 Å². The highest BCUT2D eigenvalue weighted by molar-refractivity contribution is 9.10. The minimum atomic E-state index is -0.231. The van der Waals surface area contributed by atoms with Crippen LogP contribution >= 0.6 is 15.9 Å². The molecule has 0 aromatic heterocycles. The number of hydrogen-bond acceptors (Lipinski definition) is 2. The number of hydrogen-bond donors (Lipinski definition) is 2. The number of carbonyl (C=O) groups is 2. The molecule has 27 heavy (non-hydrogen) atoms. The van der Waals surface area contributed by atoms with Crippen LogP contribution in [0.25, 0.3) is 0 Å². The van der Waals surface area contributed by atoms with Crippen LogP contribution in [0, 0.1) is 0 Å². The lowest BCUT2D eigenvalue weighted by Crippen LogP contribution is -2.15. The van der Waals surface area contributed by atoms with E-state index < -0.39 is 0 Å². The SMILES string of the molecule is CCc1ccccc1NC(=O)c1cccc(NC(=O)c2cccc(Br)c2)c1. The van der Waals surface area contributed by atoms with Crippen LogP contribution in [0.4, 0.5) is 11.4 Å². The van der Waals surface area contributed by atoms with Gasteiger partial charge in [0, 0.05) is 27.0 Å². The standard InChI is InChI=1S/C22H19BrN2O2/c1-2-15-7-3-4-12-20(15)25-22(27)17-9-6-11-19(14-17)24-21(26)16-8-5-10-18(23)13-16/h3-14H,2H2,1H3,(H,24,26)(H,25,27). The van der Waals surface area contributed by atoms with Crippen molar-refractivity contribution in [3.8, 4) is 0 Å². The molecule has 0 fully saturated rings. The summed E-state index contributed by atoms with van der Waals surface area (Å²) in [6.07, 6.45) is 0.833. The van der Waals surface area contributed by atoms with Crippen LogP contribution in [0.5, 0.6) is 0 Å². The summed E-state index contributed by atoms with van der Waals surface area (Å²) in [6.45, 7) is 2.04. The first-order valence-electron chi connectivity index (χ1n) is 8.63. The molecular weight excluding hydrogens is 404 g/mol. The summed E-state index contributed by atoms with van der Waals surface area (Å²) in [5.74, 6) is -0.445. The lowest BCUT2D eigenvalue weighted by atomic mass is 10.1. The second-order valence-electron chi connectivity index (χ2n) is 6.01. The van der Waals surface area contributed by atoms with Gasteiger partial charge in [0.15, 0.2) is 0 Å². The number of aryl methyl sites for hydroxylation is 1. The molecule has 0 aliphatic carbocycles. The Morgan fingerprint density at radius 2 is 1.48 bits per heavy atom. The number of halogens is 1. The quantitative estimate of drug-likeness (QED) is 0.568. The summed E-state index contributed by atoms with van der Waals surface area (Å²) in [7, 11) is 0. The van der Waals surface area contributed by atoms with Gasteiger partial charge in [-0.1, -0.05) is 53.2 Å². The number of benzene rings is 3. The molecule has 0 radical (unpaired) electrons. The minimum Gasteiger partial charge on any atom is -0.322 e. The van der Waals surface area contributed by atoms with Crippen molar-refractivity contribution in [2.24, 2.45) is 0 Å². The van der Waals surface area contributed by atoms with E-state index in [-0.39, 0.29) is 11.8 Å². The molecular formula is C22H19BrN2O2. The van der Waals surface area contributed by atoms with Crippen LogP contribution in [-0.4, -0.2) is 11.8 Å². The molecule has 0 saturated carbocycles. The van der Waals surface area contributed by atoms with E-state index in [4.69, 9.17) is 0 Å². The van der Waals surface area contributed by atoms with Gasteiger partial charge in [0.25, 0.3) is 11.8 Å². The number of amides is 2. The maximum absolute atomic E-state index is 12.6. The molecule has 0 aliphatic heterocycles. The van der Waals surface area contributed by atoms with Crippen LogP contribution in [0.3, 0.4) is 0 Å². The number of anilines is 2. The highest BCUT2D eigenvalue weighted by Gasteiger charge is 2.11. The van der Waals surface area contributed by atoms with E-state index in [0.717, 1.165) is 22.1 Å². The van der Waals surface area contributed by atoms with Crippen molar-refractivity contribution in [1.29, 1.82) is 0 Å². The summed E-state index contributed by atoms with van der Waals surface area (Å²) in [4.78, 5) is 25.0. The van der Waals surface area contributed by atoms with Gasteiger partial charge in [-0.15, -0.1) is 0 Å². The minimum absolute atomic E-state index is 0.213. The molecule has 0 atom stereocenters. The average molecular weight is 423 g/mol. The topological polar surface area (TPSA) is 58.2 Å². The molecule has 3 aromatic carbocycles. The number of rotatable bonds is 5. The molecule has 0 heterocycles. The smallest absolute Gasteiger partial charge is 0.255 e. The molecule has 0 saturated heterocycles. The summed E-state index contributed by atoms with van der Waals surface area (Å²) in [6, 6.07) is 21.7. The summed E-state index contributed by atoms with van der Waals surface area (Å²) < 4.78 is 0.831. The molecule has 2 N–H and O–H groups in total. The van der Waals surface area contributed by atoms with E-state index in [2.05, 4.69) is 26.6 Å². The van der Waals surface area contributed by atoms with Gasteiger partial charge in [-0.3, -0.25) is 9.59 Å². The molecule has 4 nitrogen and oxygen atoms in total. The largest absolute Gasteiger partial charge is 0.322 e. The van der Waals surface area contributed by atoms with E-state index in [1.54, 1.807) is 42.5 Å². The molecule has 0 spiro atoms. The van der Waals surface area contributed by atoms with Gasteiger partial charge in [-0.2, -0.15) is 0 Å². The van der Waals surface area contributed by atoms with E-state index in [1.807, 2.05) is 37.3 Å². The van der Waals surface area contributed by atoms with E-state index in [1.165, 1.54) is 0 Å². The second-order valence-corrected chi connectivity index (χ2v) is 6.93. The third-order valence-electron chi connectivity index (χ3n) is 4.12. The zero-order valence-electron chi connectivity index (χ0n) is 14.8. The zero-order chi connectivity index (χ0) is 19.2. The van der Waals surface area contributed by atoms with Gasteiger partial charge in [0.05, 0.1) is 0 Å². The van der Waals surface area contributed by atoms with Crippen LogP contribution < -0.4 is 10.6 Å². The fourth-order valence-corrected chi connectivity index (χ4v) is 3.12. The van der Waals surface area contributed by atoms with Crippen LogP contribution in [0.2, 0.25) is 0 Å². The van der Waals surface area contributed by atoms with E-state index in [0.29, 0.717) is 16.8 Å². The first kappa shape index (κ1) is 18.9. The molecule has 3 aromatic rings. The fraction of sp³-hybridized carbons (Fsp3) is 0.0909. The Balaban J connectivity index is 1.75. The molecule has 0 bridgehead atoms. The van der Waals surface area contributed by atoms with Crippen molar-refractivity contribution in [2.45, 2.75) is 13.3 Å². The Morgan fingerprint density at radius 3 is 2.22 bits per heavy atom. The van der Waals surface area contributed by atoms with E-state index in [9.17, 15) is 9.59 Å². The summed E-state index contributed by atoms with van der Waals surface area (Å²) >= 11 is 3.36. The monoisotopic (exact) mass is 422 g/mol. The highest BCUT2D eigenvalue weighted by atomic mass is 79.9. The van der Waals surface area contributed by atoms with Crippen molar-refractivity contribution >= 4 is 39.1 Å². The van der Waals surface area contributed by atoms with Gasteiger partial charge < -0.3 is 10.6 Å². The van der Waals surface area contributed by atoms with Gasteiger partial charge >= 0.3 is 0 Å². The molecule has 0 aliphatic rings. The Labute approximate surface area is 166 Å². The lowest BCUT2D eigenvalue weighted by molar-refractivity contribution is 0.101. The Kier molecular flexibility index (Phi) is 6.04. The Morgan fingerprint density at radius 1 is 0.815 bits per heavy atom. The fourth-order valence-electron chi connectivity index (χ4n) is 2.72. The molecule has 2 amide bonds. The second kappa shape index (κ2) is 8.64. The third-order valence-corrected chi connectivity index (χ3v) is 4.61. The third kappa shape index (κ3) is 4.83. The van der Waals surface area contributed by atoms with Crippen molar-refractivity contribution < 1.29 is 9.59 Å². The van der Waals surface area contributed by atoms with Gasteiger partial charge in [0.2, 0.25) is 0 Å². The Bertz CT molecular complexity index is 985. The summed E-state index contributed by atoms with van der Waals surface area (Å²) in [5, 5.41) is 5.77. The first-order valence-corrected chi connectivity index (χ1v) is 9.42. The van der Waals surface area contributed by atoms with Gasteiger partial charge in [0.1, 0.15) is 0 Å². The molecule has 5 heteroatoms. The normalized spacial score (nSPS) is 10.3. The summed E-state index contributed by atoms with van der Waals surface area (Å²) in [5.41, 5.74) is 3.46. The average Bonchev–Trinajstić information content (AvgIpc) is 2.68. The van der Waals surface area contributed by atoms with E-state index >= 15 is 0 Å². The first-order chi connectivity index (χ1) is 13.1. The molecule has 0 unspecified atom stereocenters. The maximum atomic E-state index is 12.6. The predicted octanol–water partition coefficient (Wildman–Crippen LogP) is 5.52. The van der Waals surface area contributed by atoms with Gasteiger partial charge in [-0.05, 0) is 54.4 Å². The molecule has 136 valence electrons. The van der Waals surface area contributed by atoms with Gasteiger partial charge in [-0.25, -0.2) is 0 Å². The van der Waals surface area contributed by atoms with Crippen molar-refractivity contribution in [1.82, 2.24) is 0 Å². The predicted molar refractivity (Wildman–Crippen MR) is 112 cm³/mol. The van der Waals surface area contributed by atoms with Crippen LogP contribution in [0.1, 0.15) is 33.2 Å².